The summed E-state index contributed by atoms with van der Waals surface area (Å²) < 4.78 is 15.9. The van der Waals surface area contributed by atoms with Gasteiger partial charge in [0.05, 0.1) is 14.2 Å². The van der Waals surface area contributed by atoms with Crippen LogP contribution in [0, 0.1) is 6.92 Å². The highest BCUT2D eigenvalue weighted by molar-refractivity contribution is 6.30. The van der Waals surface area contributed by atoms with Crippen molar-refractivity contribution >= 4 is 17.5 Å². The highest BCUT2D eigenvalue weighted by atomic mass is 35.5. The maximum absolute atomic E-state index is 11.9. The number of amides is 1. The molecule has 0 fully saturated rings. The summed E-state index contributed by atoms with van der Waals surface area (Å²) in [6, 6.07) is 10.6. The van der Waals surface area contributed by atoms with Gasteiger partial charge in [0.1, 0.15) is 5.75 Å². The first kappa shape index (κ1) is 17.9. The van der Waals surface area contributed by atoms with Gasteiger partial charge in [-0.3, -0.25) is 4.79 Å². The zero-order valence-electron chi connectivity index (χ0n) is 13.9. The minimum Gasteiger partial charge on any atom is -0.493 e. The van der Waals surface area contributed by atoms with Gasteiger partial charge in [-0.05, 0) is 54.4 Å². The lowest BCUT2D eigenvalue weighted by Gasteiger charge is -2.13. The number of halogens is 1. The third-order valence-electron chi connectivity index (χ3n) is 3.50. The molecule has 6 heteroatoms. The Labute approximate surface area is 146 Å². The van der Waals surface area contributed by atoms with Gasteiger partial charge in [0.25, 0.3) is 5.91 Å². The Morgan fingerprint density at radius 1 is 1.08 bits per heavy atom. The lowest BCUT2D eigenvalue weighted by Crippen LogP contribution is -2.28. The molecule has 0 saturated carbocycles. The average Bonchev–Trinajstić information content (AvgIpc) is 2.59. The maximum Gasteiger partial charge on any atom is 0.258 e. The number of methoxy groups -OCH3 is 2. The zero-order valence-corrected chi connectivity index (χ0v) is 14.6. The van der Waals surface area contributed by atoms with Gasteiger partial charge in [-0.1, -0.05) is 11.6 Å². The van der Waals surface area contributed by atoms with Crippen LogP contribution in [-0.4, -0.2) is 26.7 Å². The van der Waals surface area contributed by atoms with Gasteiger partial charge in [0, 0.05) is 11.6 Å². The van der Waals surface area contributed by atoms with Gasteiger partial charge in [-0.2, -0.15) is 0 Å². The van der Waals surface area contributed by atoms with E-state index in [-0.39, 0.29) is 12.5 Å². The third-order valence-corrected chi connectivity index (χ3v) is 3.75. The van der Waals surface area contributed by atoms with Crippen molar-refractivity contribution in [3.63, 3.8) is 0 Å². The van der Waals surface area contributed by atoms with Crippen molar-refractivity contribution in [3.8, 4) is 17.2 Å². The number of carbonyl (C=O) groups is 1. The lowest BCUT2D eigenvalue weighted by atomic mass is 10.1. The van der Waals surface area contributed by atoms with Crippen LogP contribution in [0.1, 0.15) is 11.1 Å². The Morgan fingerprint density at radius 3 is 2.33 bits per heavy atom. The first-order valence-electron chi connectivity index (χ1n) is 7.40. The largest absolute Gasteiger partial charge is 0.493 e. The van der Waals surface area contributed by atoms with E-state index in [0.29, 0.717) is 28.8 Å². The van der Waals surface area contributed by atoms with E-state index in [0.717, 1.165) is 11.1 Å². The van der Waals surface area contributed by atoms with E-state index in [4.69, 9.17) is 25.8 Å². The average molecular weight is 350 g/mol. The molecule has 24 heavy (non-hydrogen) atoms. The zero-order chi connectivity index (χ0) is 17.5. The van der Waals surface area contributed by atoms with Crippen molar-refractivity contribution < 1.29 is 19.0 Å². The molecule has 0 radical (unpaired) electrons. The van der Waals surface area contributed by atoms with E-state index in [1.54, 1.807) is 38.5 Å². The number of rotatable bonds is 7. The number of nitrogens with one attached hydrogen (secondary N) is 1. The molecular formula is C18H20ClNO4. The highest BCUT2D eigenvalue weighted by Gasteiger charge is 2.10. The molecule has 0 bridgehead atoms. The number of carbonyl (C=O) groups excluding carboxylic acids is 1. The fourth-order valence-corrected chi connectivity index (χ4v) is 2.26. The number of aryl methyl sites for hydroxylation is 1. The molecule has 0 aliphatic rings. The quantitative estimate of drug-likeness (QED) is 0.832. The highest BCUT2D eigenvalue weighted by Crippen LogP contribution is 2.30. The van der Waals surface area contributed by atoms with Gasteiger partial charge in [0.15, 0.2) is 18.1 Å². The van der Waals surface area contributed by atoms with Crippen LogP contribution in [0.3, 0.4) is 0 Å². The van der Waals surface area contributed by atoms with Gasteiger partial charge in [-0.15, -0.1) is 0 Å². The predicted molar refractivity (Wildman–Crippen MR) is 93.1 cm³/mol. The second-order valence-corrected chi connectivity index (χ2v) is 5.59. The van der Waals surface area contributed by atoms with Crippen LogP contribution < -0.4 is 19.5 Å². The van der Waals surface area contributed by atoms with Gasteiger partial charge in [0.2, 0.25) is 0 Å². The Hall–Kier alpha value is -2.40. The Balaban J connectivity index is 1.90. The summed E-state index contributed by atoms with van der Waals surface area (Å²) >= 11 is 5.80. The van der Waals surface area contributed by atoms with Crippen LogP contribution in [0.4, 0.5) is 0 Å². The fraction of sp³-hybridized carbons (Fsp3) is 0.278. The van der Waals surface area contributed by atoms with Crippen LogP contribution >= 0.6 is 11.6 Å². The van der Waals surface area contributed by atoms with Crippen molar-refractivity contribution in [3.05, 3.63) is 52.5 Å². The van der Waals surface area contributed by atoms with E-state index < -0.39 is 0 Å². The SMILES string of the molecule is COc1cc(C)c(CNC(=O)COc2ccc(Cl)cc2)cc1OC. The molecule has 0 atom stereocenters. The van der Waals surface area contributed by atoms with Crippen LogP contribution in [0.5, 0.6) is 17.2 Å². The summed E-state index contributed by atoms with van der Waals surface area (Å²) in [6.07, 6.45) is 0. The summed E-state index contributed by atoms with van der Waals surface area (Å²) in [5.74, 6) is 1.68. The molecule has 0 spiro atoms. The van der Waals surface area contributed by atoms with E-state index in [1.165, 1.54) is 0 Å². The molecule has 0 heterocycles. The predicted octanol–water partition coefficient (Wildman–Crippen LogP) is 3.36. The summed E-state index contributed by atoms with van der Waals surface area (Å²) in [4.78, 5) is 11.9. The van der Waals surface area contributed by atoms with Gasteiger partial charge < -0.3 is 19.5 Å². The van der Waals surface area contributed by atoms with Crippen LogP contribution in [-0.2, 0) is 11.3 Å². The summed E-state index contributed by atoms with van der Waals surface area (Å²) in [5.41, 5.74) is 1.96. The molecule has 0 aromatic heterocycles. The van der Waals surface area contributed by atoms with E-state index >= 15 is 0 Å². The number of ether oxygens (including phenoxy) is 3. The van der Waals surface area contributed by atoms with E-state index in [1.807, 2.05) is 19.1 Å². The molecule has 0 unspecified atom stereocenters. The van der Waals surface area contributed by atoms with Crippen LogP contribution in [0.25, 0.3) is 0 Å². The van der Waals surface area contributed by atoms with E-state index in [2.05, 4.69) is 5.32 Å². The van der Waals surface area contributed by atoms with Crippen molar-refractivity contribution in [2.45, 2.75) is 13.5 Å². The van der Waals surface area contributed by atoms with Crippen molar-refractivity contribution in [1.29, 1.82) is 0 Å². The Kier molecular flexibility index (Phi) is 6.32. The second-order valence-electron chi connectivity index (χ2n) is 5.15. The molecule has 2 aromatic carbocycles. The molecular weight excluding hydrogens is 330 g/mol. The van der Waals surface area contributed by atoms with Gasteiger partial charge >= 0.3 is 0 Å². The number of hydrogen-bond donors (Lipinski definition) is 1. The van der Waals surface area contributed by atoms with Crippen molar-refractivity contribution in [2.24, 2.45) is 0 Å². The Bertz CT molecular complexity index is 701. The Morgan fingerprint density at radius 2 is 1.71 bits per heavy atom. The summed E-state index contributed by atoms with van der Waals surface area (Å²) in [7, 11) is 3.17. The standard InChI is InChI=1S/C18H20ClNO4/c1-12-8-16(22-2)17(23-3)9-13(12)10-20-18(21)11-24-15-6-4-14(19)5-7-15/h4-9H,10-11H2,1-3H3,(H,20,21). The molecule has 0 aliphatic carbocycles. The minimum absolute atomic E-state index is 0.0615. The molecule has 5 nitrogen and oxygen atoms in total. The molecule has 2 rings (SSSR count). The maximum atomic E-state index is 11.9. The van der Waals surface area contributed by atoms with E-state index in [9.17, 15) is 4.79 Å². The molecule has 0 aliphatic heterocycles. The van der Waals surface area contributed by atoms with Crippen LogP contribution in [0.2, 0.25) is 5.02 Å². The molecule has 2 aromatic rings. The monoisotopic (exact) mass is 349 g/mol. The van der Waals surface area contributed by atoms with Crippen molar-refractivity contribution in [2.75, 3.05) is 20.8 Å². The second kappa shape index (κ2) is 8.45. The normalized spacial score (nSPS) is 10.2. The molecule has 0 saturated heterocycles. The third kappa shape index (κ3) is 4.80. The number of hydrogen-bond acceptors (Lipinski definition) is 4. The smallest absolute Gasteiger partial charge is 0.258 e. The topological polar surface area (TPSA) is 56.8 Å². The molecule has 128 valence electrons. The fourth-order valence-electron chi connectivity index (χ4n) is 2.14. The minimum atomic E-state index is -0.209. The lowest BCUT2D eigenvalue weighted by molar-refractivity contribution is -0.123. The molecule has 1 amide bonds. The first-order chi connectivity index (χ1) is 11.5. The first-order valence-corrected chi connectivity index (χ1v) is 7.78. The van der Waals surface area contributed by atoms with Crippen molar-refractivity contribution in [1.82, 2.24) is 5.32 Å². The summed E-state index contributed by atoms with van der Waals surface area (Å²) in [5, 5.41) is 3.44. The van der Waals surface area contributed by atoms with Gasteiger partial charge in [-0.25, -0.2) is 0 Å². The number of benzene rings is 2. The summed E-state index contributed by atoms with van der Waals surface area (Å²) in [6.45, 7) is 2.27. The van der Waals surface area contributed by atoms with Crippen LogP contribution in [0.15, 0.2) is 36.4 Å². The molecule has 1 N–H and O–H groups in total.